The smallest absolute Gasteiger partial charge is 0.225 e. The van der Waals surface area contributed by atoms with Crippen LogP contribution in [-0.4, -0.2) is 66.8 Å². The lowest BCUT2D eigenvalue weighted by molar-refractivity contribution is -0.133. The first-order valence-electron chi connectivity index (χ1n) is 9.79. The number of ether oxygens (including phenoxy) is 1. The van der Waals surface area contributed by atoms with E-state index in [4.69, 9.17) is 4.74 Å². The van der Waals surface area contributed by atoms with Gasteiger partial charge in [0.15, 0.2) is 5.96 Å². The minimum absolute atomic E-state index is 0.00286. The highest BCUT2D eigenvalue weighted by molar-refractivity contribution is 5.81. The second-order valence-electron chi connectivity index (χ2n) is 7.21. The van der Waals surface area contributed by atoms with Gasteiger partial charge in [0.05, 0.1) is 6.54 Å². The number of carbonyl (C=O) groups is 1. The second-order valence-corrected chi connectivity index (χ2v) is 7.21. The van der Waals surface area contributed by atoms with Crippen molar-refractivity contribution in [1.29, 1.82) is 0 Å². The summed E-state index contributed by atoms with van der Waals surface area (Å²) in [5.41, 5.74) is 0. The molecule has 1 aromatic carbocycles. The van der Waals surface area contributed by atoms with E-state index in [1.54, 1.807) is 0 Å². The van der Waals surface area contributed by atoms with Gasteiger partial charge in [0, 0.05) is 31.6 Å². The highest BCUT2D eigenvalue weighted by atomic mass is 19.1. The number of aliphatic imine (C=N–C) groups is 1. The molecule has 0 aromatic heterocycles. The van der Waals surface area contributed by atoms with E-state index in [0.717, 1.165) is 13.0 Å². The summed E-state index contributed by atoms with van der Waals surface area (Å²) in [5.74, 6) is 0.929. The van der Waals surface area contributed by atoms with Crippen LogP contribution in [0.2, 0.25) is 0 Å². The Kier molecular flexibility index (Phi) is 8.50. The number of aliphatic hydroxyl groups excluding tert-OH is 1. The summed E-state index contributed by atoms with van der Waals surface area (Å²) in [4.78, 5) is 18.4. The Morgan fingerprint density at radius 1 is 1.39 bits per heavy atom. The van der Waals surface area contributed by atoms with Gasteiger partial charge in [-0.2, -0.15) is 0 Å². The molecule has 1 amide bonds. The van der Waals surface area contributed by atoms with Crippen LogP contribution < -0.4 is 15.4 Å². The number of rotatable bonds is 8. The summed E-state index contributed by atoms with van der Waals surface area (Å²) in [7, 11) is 0. The van der Waals surface area contributed by atoms with Crippen LogP contribution >= 0.6 is 0 Å². The highest BCUT2D eigenvalue weighted by Gasteiger charge is 2.28. The number of amides is 1. The molecule has 7 nitrogen and oxygen atoms in total. The molecule has 2 rings (SSSR count). The van der Waals surface area contributed by atoms with Crippen LogP contribution in [0.3, 0.4) is 0 Å². The molecule has 1 heterocycles. The number of benzene rings is 1. The molecule has 0 spiro atoms. The number of aliphatic hydroxyl groups is 1. The predicted molar refractivity (Wildman–Crippen MR) is 107 cm³/mol. The maximum atomic E-state index is 12.9. The zero-order chi connectivity index (χ0) is 20.5. The van der Waals surface area contributed by atoms with Gasteiger partial charge in [0.1, 0.15) is 24.3 Å². The fraction of sp³-hybridized carbons (Fsp3) is 0.600. The van der Waals surface area contributed by atoms with Crippen LogP contribution in [0.25, 0.3) is 0 Å². The zero-order valence-corrected chi connectivity index (χ0v) is 16.8. The molecule has 0 bridgehead atoms. The lowest BCUT2D eigenvalue weighted by atomic mass is 10.2. The number of hydrogen-bond donors (Lipinski definition) is 3. The number of nitrogens with one attached hydrogen (secondary N) is 2. The molecular formula is C20H31FN4O3. The van der Waals surface area contributed by atoms with Crippen LogP contribution in [-0.2, 0) is 4.79 Å². The van der Waals surface area contributed by atoms with Crippen molar-refractivity contribution >= 4 is 11.9 Å². The molecule has 1 aliphatic heterocycles. The Balaban J connectivity index is 1.81. The van der Waals surface area contributed by atoms with Crippen molar-refractivity contribution in [3.8, 4) is 5.75 Å². The Bertz CT molecular complexity index is 651. The third-order valence-electron chi connectivity index (χ3n) is 4.40. The molecule has 1 aliphatic rings. The molecule has 0 radical (unpaired) electrons. The Morgan fingerprint density at radius 3 is 2.75 bits per heavy atom. The van der Waals surface area contributed by atoms with Crippen LogP contribution in [0.15, 0.2) is 29.3 Å². The quantitative estimate of drug-likeness (QED) is 0.458. The van der Waals surface area contributed by atoms with Gasteiger partial charge >= 0.3 is 0 Å². The molecule has 1 aromatic rings. The van der Waals surface area contributed by atoms with Crippen molar-refractivity contribution in [2.75, 3.05) is 32.8 Å². The van der Waals surface area contributed by atoms with Crippen LogP contribution in [0.4, 0.5) is 4.39 Å². The summed E-state index contributed by atoms with van der Waals surface area (Å²) < 4.78 is 18.3. The molecule has 2 unspecified atom stereocenters. The first kappa shape index (κ1) is 21.9. The molecule has 2 atom stereocenters. The highest BCUT2D eigenvalue weighted by Crippen LogP contribution is 2.13. The number of halogens is 1. The Morgan fingerprint density at radius 2 is 2.11 bits per heavy atom. The van der Waals surface area contributed by atoms with Crippen molar-refractivity contribution < 1.29 is 19.0 Å². The number of hydrogen-bond acceptors (Lipinski definition) is 4. The van der Waals surface area contributed by atoms with Gasteiger partial charge in [-0.25, -0.2) is 4.39 Å². The number of nitrogens with zero attached hydrogens (tertiary/aromatic N) is 2. The SMILES string of the molecule is CCNC(=NCC(O)COc1ccc(F)cc1)NC1CCN(C(=O)C(C)C)C1. The van der Waals surface area contributed by atoms with Crippen LogP contribution in [0.5, 0.6) is 5.75 Å². The number of likely N-dealkylation sites (tertiary alicyclic amines) is 1. The molecular weight excluding hydrogens is 363 g/mol. The van der Waals surface area contributed by atoms with Gasteiger partial charge in [-0.15, -0.1) is 0 Å². The number of carbonyl (C=O) groups excluding carboxylic acids is 1. The lowest BCUT2D eigenvalue weighted by Crippen LogP contribution is -2.45. The van der Waals surface area contributed by atoms with E-state index in [0.29, 0.717) is 24.8 Å². The first-order chi connectivity index (χ1) is 13.4. The molecule has 0 saturated carbocycles. The summed E-state index contributed by atoms with van der Waals surface area (Å²) >= 11 is 0. The minimum Gasteiger partial charge on any atom is -0.491 e. The molecule has 0 aliphatic carbocycles. The lowest BCUT2D eigenvalue weighted by Gasteiger charge is -2.20. The van der Waals surface area contributed by atoms with Gasteiger partial charge in [0.2, 0.25) is 5.91 Å². The average Bonchev–Trinajstić information content (AvgIpc) is 3.13. The van der Waals surface area contributed by atoms with Crippen molar-refractivity contribution in [2.45, 2.75) is 39.3 Å². The molecule has 3 N–H and O–H groups in total. The summed E-state index contributed by atoms with van der Waals surface area (Å²) in [5, 5.41) is 16.6. The Hall–Kier alpha value is -2.35. The summed E-state index contributed by atoms with van der Waals surface area (Å²) in [6.45, 7) is 8.09. The van der Waals surface area contributed by atoms with Crippen LogP contribution in [0.1, 0.15) is 27.2 Å². The fourth-order valence-electron chi connectivity index (χ4n) is 2.93. The molecule has 28 heavy (non-hydrogen) atoms. The predicted octanol–water partition coefficient (Wildman–Crippen LogP) is 1.38. The topological polar surface area (TPSA) is 86.2 Å². The van der Waals surface area contributed by atoms with Crippen molar-refractivity contribution in [1.82, 2.24) is 15.5 Å². The van der Waals surface area contributed by atoms with E-state index in [1.165, 1.54) is 24.3 Å². The van der Waals surface area contributed by atoms with E-state index in [9.17, 15) is 14.3 Å². The van der Waals surface area contributed by atoms with Crippen molar-refractivity contribution in [3.63, 3.8) is 0 Å². The zero-order valence-electron chi connectivity index (χ0n) is 16.8. The van der Waals surface area contributed by atoms with Gasteiger partial charge < -0.3 is 25.4 Å². The number of guanidine groups is 1. The minimum atomic E-state index is -0.789. The van der Waals surface area contributed by atoms with Gasteiger partial charge in [0.25, 0.3) is 0 Å². The maximum absolute atomic E-state index is 12.9. The van der Waals surface area contributed by atoms with E-state index in [1.807, 2.05) is 25.7 Å². The summed E-state index contributed by atoms with van der Waals surface area (Å²) in [6.07, 6.45) is 0.0714. The summed E-state index contributed by atoms with van der Waals surface area (Å²) in [6, 6.07) is 5.78. The second kappa shape index (κ2) is 10.8. The first-order valence-corrected chi connectivity index (χ1v) is 9.79. The van der Waals surface area contributed by atoms with E-state index in [2.05, 4.69) is 15.6 Å². The monoisotopic (exact) mass is 394 g/mol. The standard InChI is InChI=1S/C20H31FN4O3/c1-4-22-20(24-16-9-10-25(12-16)19(27)14(2)3)23-11-17(26)13-28-18-7-5-15(21)6-8-18/h5-8,14,16-17,26H,4,9-13H2,1-3H3,(H2,22,23,24). The average molecular weight is 394 g/mol. The van der Waals surface area contributed by atoms with Crippen LogP contribution in [0, 0.1) is 11.7 Å². The van der Waals surface area contributed by atoms with E-state index >= 15 is 0 Å². The van der Waals surface area contributed by atoms with Gasteiger partial charge in [-0.05, 0) is 37.6 Å². The fourth-order valence-corrected chi connectivity index (χ4v) is 2.93. The van der Waals surface area contributed by atoms with Gasteiger partial charge in [-0.3, -0.25) is 9.79 Å². The van der Waals surface area contributed by atoms with Gasteiger partial charge in [-0.1, -0.05) is 13.8 Å². The largest absolute Gasteiger partial charge is 0.491 e. The van der Waals surface area contributed by atoms with E-state index in [-0.39, 0.29) is 36.8 Å². The maximum Gasteiger partial charge on any atom is 0.225 e. The third kappa shape index (κ3) is 6.99. The molecule has 156 valence electrons. The van der Waals surface area contributed by atoms with Crippen molar-refractivity contribution in [3.05, 3.63) is 30.1 Å². The third-order valence-corrected chi connectivity index (χ3v) is 4.40. The van der Waals surface area contributed by atoms with Crippen molar-refractivity contribution in [2.24, 2.45) is 10.9 Å². The Labute approximate surface area is 166 Å². The molecule has 1 fully saturated rings. The normalized spacial score (nSPS) is 18.3. The molecule has 1 saturated heterocycles. The molecule has 8 heteroatoms. The van der Waals surface area contributed by atoms with E-state index < -0.39 is 6.10 Å².